The van der Waals surface area contributed by atoms with Gasteiger partial charge in [0.05, 0.1) is 36.6 Å². The summed E-state index contributed by atoms with van der Waals surface area (Å²) in [7, 11) is 0. The summed E-state index contributed by atoms with van der Waals surface area (Å²) >= 11 is 0. The average Bonchev–Trinajstić information content (AvgIpc) is 3.62. The number of rotatable bonds is 8. The van der Waals surface area contributed by atoms with Gasteiger partial charge in [0.25, 0.3) is 0 Å². The number of morpholine rings is 1. The van der Waals surface area contributed by atoms with Crippen LogP contribution in [0.15, 0.2) is 0 Å². The van der Waals surface area contributed by atoms with Crippen molar-refractivity contribution < 1.29 is 33.6 Å². The van der Waals surface area contributed by atoms with E-state index in [9.17, 15) is 14.6 Å². The molecule has 2 spiro atoms. The van der Waals surface area contributed by atoms with Gasteiger partial charge in [-0.3, -0.25) is 4.90 Å². The minimum absolute atomic E-state index is 0.00345. The summed E-state index contributed by atoms with van der Waals surface area (Å²) in [5, 5.41) is 23.6. The van der Waals surface area contributed by atoms with Crippen molar-refractivity contribution in [2.75, 3.05) is 39.5 Å². The van der Waals surface area contributed by atoms with Gasteiger partial charge in [0.1, 0.15) is 12.8 Å². The molecule has 0 aromatic carbocycles. The third-order valence-electron chi connectivity index (χ3n) is 16.0. The molecule has 0 unspecified atom stereocenters. The molecule has 0 aromatic heterocycles. The molecular formula is C38H64FNO6. The van der Waals surface area contributed by atoms with E-state index >= 15 is 0 Å². The highest BCUT2D eigenvalue weighted by Crippen LogP contribution is 2.89. The van der Waals surface area contributed by atoms with Gasteiger partial charge in [-0.25, -0.2) is 4.39 Å². The normalized spacial score (nSPS) is 52.1. The van der Waals surface area contributed by atoms with Gasteiger partial charge in [-0.2, -0.15) is 0 Å². The van der Waals surface area contributed by atoms with Gasteiger partial charge in [-0.15, -0.1) is 0 Å². The molecule has 0 amide bonds. The highest BCUT2D eigenvalue weighted by molar-refractivity contribution is 5.33. The van der Waals surface area contributed by atoms with E-state index in [1.165, 1.54) is 25.7 Å². The van der Waals surface area contributed by atoms with E-state index in [1.807, 2.05) is 20.8 Å². The Morgan fingerprint density at radius 1 is 1.04 bits per heavy atom. The first-order valence-corrected chi connectivity index (χ1v) is 18.8. The van der Waals surface area contributed by atoms with Crippen molar-refractivity contribution in [2.45, 2.75) is 149 Å². The molecule has 0 bridgehead atoms. The molecule has 264 valence electrons. The number of alkyl halides is 1. The molecule has 2 N–H and O–H groups in total. The second-order valence-corrected chi connectivity index (χ2v) is 18.5. The molecule has 2 saturated heterocycles. The number of nitrogens with zero attached hydrogens (tertiary/aromatic N) is 1. The van der Waals surface area contributed by atoms with Crippen LogP contribution < -0.4 is 0 Å². The van der Waals surface area contributed by atoms with E-state index in [0.717, 1.165) is 32.2 Å². The third-order valence-corrected chi connectivity index (χ3v) is 16.0. The maximum Gasteiger partial charge on any atom is 0.170 e. The second-order valence-electron chi connectivity index (χ2n) is 18.5. The molecule has 7 fully saturated rings. The van der Waals surface area contributed by atoms with Gasteiger partial charge >= 0.3 is 0 Å². The highest BCUT2D eigenvalue weighted by Gasteiger charge is 2.84. The molecule has 0 radical (unpaired) electrons. The van der Waals surface area contributed by atoms with Crippen LogP contribution in [0.1, 0.15) is 107 Å². The maximum atomic E-state index is 13.1. The molecule has 2 heterocycles. The smallest absolute Gasteiger partial charge is 0.170 e. The van der Waals surface area contributed by atoms with Crippen molar-refractivity contribution in [3.05, 3.63) is 0 Å². The van der Waals surface area contributed by atoms with E-state index < -0.39 is 17.8 Å². The Morgan fingerprint density at radius 2 is 1.76 bits per heavy atom. The molecule has 5 saturated carbocycles. The lowest BCUT2D eigenvalue weighted by Gasteiger charge is -2.64. The predicted octanol–water partition coefficient (Wildman–Crippen LogP) is 5.99. The fourth-order valence-corrected chi connectivity index (χ4v) is 14.0. The maximum absolute atomic E-state index is 13.1. The van der Waals surface area contributed by atoms with Gasteiger partial charge in [-0.05, 0) is 117 Å². The van der Waals surface area contributed by atoms with Crippen LogP contribution in [0.3, 0.4) is 0 Å². The fraction of sp³-hybridized carbons (Fsp3) is 1.00. The number of fused-ring (bicyclic) bond motifs is 4. The zero-order valence-electron chi connectivity index (χ0n) is 30.0. The van der Waals surface area contributed by atoms with Crippen LogP contribution >= 0.6 is 0 Å². The zero-order valence-corrected chi connectivity index (χ0v) is 30.0. The number of halogens is 1. The molecule has 0 aromatic rings. The summed E-state index contributed by atoms with van der Waals surface area (Å²) in [5.41, 5.74) is -0.611. The fourth-order valence-electron chi connectivity index (χ4n) is 14.0. The Bertz CT molecular complexity index is 1140. The number of hydrogen-bond acceptors (Lipinski definition) is 7. The summed E-state index contributed by atoms with van der Waals surface area (Å²) < 4.78 is 39.0. The van der Waals surface area contributed by atoms with Gasteiger partial charge < -0.3 is 29.2 Å². The SMILES string of the molecule is CCO[C@@H]([C@H]1C[C@@H](C)[C@H]2[C@H](O1)[C@H](O)[C@@]1(C)[C@@H]3CC[C@H]4C(C)(C)[C@@H](O[C@H]5CN(CCF)CCO5)CC[C@@]45C[C@@]35CC[C@]21C)C(C)(C)O. The van der Waals surface area contributed by atoms with Crippen LogP contribution in [-0.2, 0) is 18.9 Å². The molecule has 7 nitrogen and oxygen atoms in total. The van der Waals surface area contributed by atoms with Crippen LogP contribution in [0.4, 0.5) is 4.39 Å². The summed E-state index contributed by atoms with van der Waals surface area (Å²) in [5.74, 6) is 1.74. The first kappa shape index (κ1) is 34.1. The molecular weight excluding hydrogens is 585 g/mol. The van der Waals surface area contributed by atoms with Crippen LogP contribution in [0.25, 0.3) is 0 Å². The van der Waals surface area contributed by atoms with Crippen molar-refractivity contribution >= 4 is 0 Å². The van der Waals surface area contributed by atoms with Crippen LogP contribution in [0, 0.1) is 50.7 Å². The molecule has 14 atom stereocenters. The monoisotopic (exact) mass is 649 g/mol. The number of ether oxygens (including phenoxy) is 4. The molecule has 7 rings (SSSR count). The standard InChI is InChI=1S/C38H64FNO6/c1-9-43-32(34(5,6)42)24-20-23(2)29-30(45-24)31(41)36(8)26-11-10-25-33(3,4)27(46-28-21-40(17-16-39)18-19-44-28)12-13-37(25)22-38(26,37)15-14-35(29,36)7/h23-32,41-42H,9-22H2,1-8H3/t23-,24-,25+,26+,27+,28+,29+,30+,31+,32+,35-,36-,37-,38+/m1/s1. The Labute approximate surface area is 277 Å². The Balaban J connectivity index is 1.13. The van der Waals surface area contributed by atoms with Crippen LogP contribution in [0.5, 0.6) is 0 Å². The lowest BCUT2D eigenvalue weighted by molar-refractivity contribution is -0.249. The molecule has 7 aliphatic rings. The number of aliphatic hydroxyl groups excluding tert-OH is 1. The van der Waals surface area contributed by atoms with E-state index in [0.29, 0.717) is 55.4 Å². The van der Waals surface area contributed by atoms with Gasteiger partial charge in [0.15, 0.2) is 6.29 Å². The summed E-state index contributed by atoms with van der Waals surface area (Å²) in [6.45, 7) is 20.5. The highest BCUT2D eigenvalue weighted by atomic mass is 19.1. The third kappa shape index (κ3) is 4.58. The summed E-state index contributed by atoms with van der Waals surface area (Å²) in [6, 6.07) is 0. The minimum Gasteiger partial charge on any atom is -0.390 e. The predicted molar refractivity (Wildman–Crippen MR) is 175 cm³/mol. The molecule has 5 aliphatic carbocycles. The Morgan fingerprint density at radius 3 is 2.46 bits per heavy atom. The Hall–Kier alpha value is -0.350. The van der Waals surface area contributed by atoms with E-state index in [4.69, 9.17) is 18.9 Å². The zero-order chi connectivity index (χ0) is 33.1. The van der Waals surface area contributed by atoms with Crippen molar-refractivity contribution in [1.82, 2.24) is 4.90 Å². The molecule has 2 aliphatic heterocycles. The lowest BCUT2D eigenvalue weighted by Crippen LogP contribution is -2.60. The van der Waals surface area contributed by atoms with Gasteiger partial charge in [-0.1, -0.05) is 34.6 Å². The van der Waals surface area contributed by atoms with Crippen molar-refractivity contribution in [2.24, 2.45) is 50.7 Å². The van der Waals surface area contributed by atoms with Crippen LogP contribution in [-0.4, -0.2) is 97.0 Å². The summed E-state index contributed by atoms with van der Waals surface area (Å²) in [4.78, 5) is 2.13. The first-order chi connectivity index (χ1) is 21.6. The van der Waals surface area contributed by atoms with Crippen LogP contribution in [0.2, 0.25) is 0 Å². The van der Waals surface area contributed by atoms with E-state index in [-0.39, 0.29) is 52.9 Å². The van der Waals surface area contributed by atoms with E-state index in [2.05, 4.69) is 39.5 Å². The quantitative estimate of drug-likeness (QED) is 0.335. The van der Waals surface area contributed by atoms with Gasteiger partial charge in [0, 0.05) is 31.7 Å². The largest absolute Gasteiger partial charge is 0.390 e. The van der Waals surface area contributed by atoms with Crippen molar-refractivity contribution in [1.29, 1.82) is 0 Å². The van der Waals surface area contributed by atoms with Crippen molar-refractivity contribution in [3.63, 3.8) is 0 Å². The molecule has 8 heteroatoms. The topological polar surface area (TPSA) is 80.6 Å². The average molecular weight is 650 g/mol. The van der Waals surface area contributed by atoms with E-state index in [1.54, 1.807) is 0 Å². The molecule has 46 heavy (non-hydrogen) atoms. The van der Waals surface area contributed by atoms with Gasteiger partial charge in [0.2, 0.25) is 0 Å². The summed E-state index contributed by atoms with van der Waals surface area (Å²) in [6.07, 6.45) is 7.53. The second kappa shape index (κ2) is 11.3. The minimum atomic E-state index is -1.02. The van der Waals surface area contributed by atoms with Crippen molar-refractivity contribution in [3.8, 4) is 0 Å². The first-order valence-electron chi connectivity index (χ1n) is 18.8. The Kier molecular flexibility index (Phi) is 8.40. The number of hydrogen-bond donors (Lipinski definition) is 2. The lowest BCUT2D eigenvalue weighted by atomic mass is 9.41. The number of aliphatic hydroxyl groups is 2.